The number of aliphatic hydroxyl groups is 1. The minimum atomic E-state index is -0.203. The molecule has 2 fully saturated rings. The van der Waals surface area contributed by atoms with Crippen LogP contribution in [0.1, 0.15) is 25.7 Å². The lowest BCUT2D eigenvalue weighted by atomic mass is 9.68. The summed E-state index contributed by atoms with van der Waals surface area (Å²) in [5.41, 5.74) is 0.527. The highest BCUT2D eigenvalue weighted by Crippen LogP contribution is 2.46. The molecule has 0 radical (unpaired) electrons. The van der Waals surface area contributed by atoms with Crippen molar-refractivity contribution in [2.45, 2.75) is 31.9 Å². The lowest BCUT2D eigenvalue weighted by molar-refractivity contribution is 0.107. The van der Waals surface area contributed by atoms with Gasteiger partial charge in [-0.05, 0) is 24.7 Å². The quantitative estimate of drug-likeness (QED) is 0.495. The first kappa shape index (κ1) is 5.69. The number of hydrogen-bond donors (Lipinski definition) is 2. The molecule has 52 valence electrons. The van der Waals surface area contributed by atoms with Crippen LogP contribution in [0.25, 0.3) is 0 Å². The minimum Gasteiger partial charge on any atom is -0.379 e. The second-order valence-electron chi connectivity index (χ2n) is 3.45. The molecular weight excluding hydrogens is 114 g/mol. The maximum atomic E-state index is 9.12. The van der Waals surface area contributed by atoms with Crippen molar-refractivity contribution in [2.24, 2.45) is 5.41 Å². The second kappa shape index (κ2) is 1.70. The Balaban J connectivity index is 1.99. The zero-order valence-electron chi connectivity index (χ0n) is 5.56. The van der Waals surface area contributed by atoms with Gasteiger partial charge in [-0.25, -0.2) is 0 Å². The maximum Gasteiger partial charge on any atom is 0.105 e. The van der Waals surface area contributed by atoms with Gasteiger partial charge in [0.2, 0.25) is 0 Å². The average molecular weight is 127 g/mol. The van der Waals surface area contributed by atoms with Crippen LogP contribution in [0.15, 0.2) is 0 Å². The summed E-state index contributed by atoms with van der Waals surface area (Å²) in [6, 6.07) is 0. The van der Waals surface area contributed by atoms with E-state index in [1.54, 1.807) is 0 Å². The van der Waals surface area contributed by atoms with Gasteiger partial charge in [-0.1, -0.05) is 6.42 Å². The predicted molar refractivity (Wildman–Crippen MR) is 34.9 cm³/mol. The maximum absolute atomic E-state index is 9.12. The highest BCUT2D eigenvalue weighted by molar-refractivity contribution is 4.95. The van der Waals surface area contributed by atoms with Crippen LogP contribution in [0.2, 0.25) is 0 Å². The molecule has 2 rings (SSSR count). The smallest absolute Gasteiger partial charge is 0.105 e. The van der Waals surface area contributed by atoms with Crippen LogP contribution >= 0.6 is 0 Å². The topological polar surface area (TPSA) is 32.3 Å². The Morgan fingerprint density at radius 2 is 2.22 bits per heavy atom. The molecule has 2 aliphatic rings. The van der Waals surface area contributed by atoms with Crippen molar-refractivity contribution in [3.63, 3.8) is 0 Å². The summed E-state index contributed by atoms with van der Waals surface area (Å²) in [5, 5.41) is 12.2. The summed E-state index contributed by atoms with van der Waals surface area (Å²) in [6.45, 7) is 1.05. The number of rotatable bonds is 0. The molecule has 1 unspecified atom stereocenters. The fraction of sp³-hybridized carbons (Fsp3) is 1.00. The molecule has 2 heteroatoms. The first-order valence-electron chi connectivity index (χ1n) is 3.72. The molecule has 2 nitrogen and oxygen atoms in total. The number of nitrogens with one attached hydrogen (secondary N) is 1. The first-order valence-corrected chi connectivity index (χ1v) is 3.72. The third-order valence-corrected chi connectivity index (χ3v) is 2.75. The summed E-state index contributed by atoms with van der Waals surface area (Å²) in [4.78, 5) is 0. The van der Waals surface area contributed by atoms with Crippen LogP contribution in [-0.4, -0.2) is 17.9 Å². The molecule has 1 heterocycles. The molecule has 1 saturated carbocycles. The SMILES string of the molecule is OC1CC2(CCC2)CN1. The summed E-state index contributed by atoms with van der Waals surface area (Å²) in [5.74, 6) is 0. The van der Waals surface area contributed by atoms with Crippen molar-refractivity contribution < 1.29 is 5.11 Å². The van der Waals surface area contributed by atoms with Crippen molar-refractivity contribution in [2.75, 3.05) is 6.54 Å². The Hall–Kier alpha value is -0.0800. The lowest BCUT2D eigenvalue weighted by Crippen LogP contribution is -2.31. The van der Waals surface area contributed by atoms with Gasteiger partial charge in [-0.3, -0.25) is 5.32 Å². The number of aliphatic hydroxyl groups excluding tert-OH is 1. The molecule has 2 N–H and O–H groups in total. The van der Waals surface area contributed by atoms with Crippen LogP contribution in [0.3, 0.4) is 0 Å². The fourth-order valence-electron chi connectivity index (χ4n) is 1.95. The van der Waals surface area contributed by atoms with Crippen LogP contribution in [0.5, 0.6) is 0 Å². The molecule has 0 aromatic heterocycles. The molecule has 1 aliphatic heterocycles. The average Bonchev–Trinajstić information content (AvgIpc) is 2.09. The van der Waals surface area contributed by atoms with E-state index in [1.807, 2.05) is 0 Å². The third-order valence-electron chi connectivity index (χ3n) is 2.75. The zero-order valence-corrected chi connectivity index (χ0v) is 5.56. The van der Waals surface area contributed by atoms with E-state index in [2.05, 4.69) is 5.32 Å². The molecule has 0 amide bonds. The Bertz CT molecular complexity index is 120. The summed E-state index contributed by atoms with van der Waals surface area (Å²) in [6.07, 6.45) is 4.82. The highest BCUT2D eigenvalue weighted by atomic mass is 16.3. The van der Waals surface area contributed by atoms with Crippen molar-refractivity contribution in [3.8, 4) is 0 Å². The Morgan fingerprint density at radius 1 is 1.44 bits per heavy atom. The minimum absolute atomic E-state index is 0.203. The molecule has 0 bridgehead atoms. The van der Waals surface area contributed by atoms with Gasteiger partial charge in [-0.15, -0.1) is 0 Å². The predicted octanol–water partition coefficient (Wildman–Crippen LogP) is 0.468. The van der Waals surface area contributed by atoms with E-state index in [0.29, 0.717) is 5.41 Å². The lowest BCUT2D eigenvalue weighted by Gasteiger charge is -2.37. The number of hydrogen-bond acceptors (Lipinski definition) is 2. The van der Waals surface area contributed by atoms with Crippen molar-refractivity contribution >= 4 is 0 Å². The zero-order chi connectivity index (χ0) is 6.32. The van der Waals surface area contributed by atoms with E-state index in [-0.39, 0.29) is 6.23 Å². The van der Waals surface area contributed by atoms with Crippen LogP contribution in [0, 0.1) is 5.41 Å². The van der Waals surface area contributed by atoms with Crippen LogP contribution < -0.4 is 5.32 Å². The van der Waals surface area contributed by atoms with Gasteiger partial charge >= 0.3 is 0 Å². The normalized spacial score (nSPS) is 39.0. The molecule has 1 aliphatic carbocycles. The fourth-order valence-corrected chi connectivity index (χ4v) is 1.95. The first-order chi connectivity index (χ1) is 4.31. The highest BCUT2D eigenvalue weighted by Gasteiger charge is 2.42. The van der Waals surface area contributed by atoms with E-state index in [1.165, 1.54) is 19.3 Å². The molecule has 1 spiro atoms. The standard InChI is InChI=1S/C7H13NO/c9-6-4-7(5-8-6)2-1-3-7/h6,8-9H,1-5H2. The molecular formula is C7H13NO. The van der Waals surface area contributed by atoms with Gasteiger partial charge < -0.3 is 5.11 Å². The molecule has 0 aromatic rings. The van der Waals surface area contributed by atoms with E-state index in [0.717, 1.165) is 13.0 Å². The van der Waals surface area contributed by atoms with Gasteiger partial charge in [-0.2, -0.15) is 0 Å². The van der Waals surface area contributed by atoms with Crippen molar-refractivity contribution in [1.82, 2.24) is 5.32 Å². The second-order valence-corrected chi connectivity index (χ2v) is 3.45. The Labute approximate surface area is 55.3 Å². The Kier molecular flexibility index (Phi) is 1.08. The molecule has 1 atom stereocenters. The summed E-state index contributed by atoms with van der Waals surface area (Å²) in [7, 11) is 0. The van der Waals surface area contributed by atoms with Gasteiger partial charge in [0.1, 0.15) is 6.23 Å². The molecule has 1 saturated heterocycles. The van der Waals surface area contributed by atoms with E-state index < -0.39 is 0 Å². The van der Waals surface area contributed by atoms with Crippen molar-refractivity contribution in [1.29, 1.82) is 0 Å². The largest absolute Gasteiger partial charge is 0.379 e. The molecule has 9 heavy (non-hydrogen) atoms. The Morgan fingerprint density at radius 3 is 2.44 bits per heavy atom. The van der Waals surface area contributed by atoms with E-state index in [9.17, 15) is 0 Å². The van der Waals surface area contributed by atoms with Crippen molar-refractivity contribution in [3.05, 3.63) is 0 Å². The van der Waals surface area contributed by atoms with Crippen LogP contribution in [0.4, 0.5) is 0 Å². The summed E-state index contributed by atoms with van der Waals surface area (Å²) < 4.78 is 0. The van der Waals surface area contributed by atoms with Gasteiger partial charge in [0.25, 0.3) is 0 Å². The van der Waals surface area contributed by atoms with E-state index >= 15 is 0 Å². The summed E-state index contributed by atoms with van der Waals surface area (Å²) >= 11 is 0. The van der Waals surface area contributed by atoms with Gasteiger partial charge in [0, 0.05) is 6.54 Å². The van der Waals surface area contributed by atoms with Gasteiger partial charge in [0.05, 0.1) is 0 Å². The molecule has 0 aromatic carbocycles. The van der Waals surface area contributed by atoms with E-state index in [4.69, 9.17) is 5.11 Å². The van der Waals surface area contributed by atoms with Crippen LogP contribution in [-0.2, 0) is 0 Å². The third kappa shape index (κ3) is 0.775. The van der Waals surface area contributed by atoms with Gasteiger partial charge in [0.15, 0.2) is 0 Å². The monoisotopic (exact) mass is 127 g/mol.